The van der Waals surface area contributed by atoms with Crippen LogP contribution in [0.2, 0.25) is 0 Å². The normalized spacial score (nSPS) is 21.7. The first kappa shape index (κ1) is 15.3. The molecule has 5 nitrogen and oxygen atoms in total. The summed E-state index contributed by atoms with van der Waals surface area (Å²) in [6.07, 6.45) is 1.91. The summed E-state index contributed by atoms with van der Waals surface area (Å²) in [5, 5.41) is 13.8. The van der Waals surface area contributed by atoms with E-state index in [1.54, 1.807) is 23.3 Å². The van der Waals surface area contributed by atoms with Gasteiger partial charge in [0.1, 0.15) is 0 Å². The minimum absolute atomic E-state index is 0.0267. The lowest BCUT2D eigenvalue weighted by atomic mass is 10.1. The molecule has 2 atom stereocenters. The van der Waals surface area contributed by atoms with Gasteiger partial charge >= 0.3 is 12.0 Å². The van der Waals surface area contributed by atoms with Crippen molar-refractivity contribution in [2.24, 2.45) is 5.92 Å². The van der Waals surface area contributed by atoms with Crippen molar-refractivity contribution in [3.05, 3.63) is 20.8 Å². The van der Waals surface area contributed by atoms with Gasteiger partial charge in [-0.25, -0.2) is 4.79 Å². The van der Waals surface area contributed by atoms with E-state index in [4.69, 9.17) is 5.11 Å². The van der Waals surface area contributed by atoms with Crippen LogP contribution in [0.25, 0.3) is 0 Å². The molecule has 1 aliphatic carbocycles. The number of carboxylic acids is 1. The number of carboxylic acid groups (broad SMARTS) is 1. The van der Waals surface area contributed by atoms with Crippen LogP contribution in [0.15, 0.2) is 15.9 Å². The zero-order chi connectivity index (χ0) is 14.7. The van der Waals surface area contributed by atoms with Gasteiger partial charge in [0.15, 0.2) is 0 Å². The number of urea groups is 1. The molecule has 1 aliphatic rings. The lowest BCUT2D eigenvalue weighted by Crippen LogP contribution is -2.41. The number of carbonyl (C=O) groups excluding carboxylic acids is 1. The molecule has 1 heterocycles. The van der Waals surface area contributed by atoms with Crippen LogP contribution in [-0.4, -0.2) is 35.1 Å². The number of nitrogens with one attached hydrogen (secondary N) is 1. The second-order valence-electron chi connectivity index (χ2n) is 5.08. The first-order chi connectivity index (χ1) is 9.45. The molecule has 1 fully saturated rings. The number of hydrogen-bond acceptors (Lipinski definition) is 3. The first-order valence-electron chi connectivity index (χ1n) is 6.43. The van der Waals surface area contributed by atoms with Gasteiger partial charge in [-0.2, -0.15) is 0 Å². The summed E-state index contributed by atoms with van der Waals surface area (Å²) in [4.78, 5) is 25.6. The molecule has 0 radical (unpaired) electrons. The number of thiophene rings is 1. The van der Waals surface area contributed by atoms with Gasteiger partial charge in [-0.1, -0.05) is 0 Å². The predicted molar refractivity (Wildman–Crippen MR) is 80.8 cm³/mol. The van der Waals surface area contributed by atoms with Crippen LogP contribution in [0.4, 0.5) is 4.79 Å². The molecule has 2 rings (SSSR count). The van der Waals surface area contributed by atoms with E-state index in [2.05, 4.69) is 21.2 Å². The van der Waals surface area contributed by atoms with Crippen LogP contribution in [0.3, 0.4) is 0 Å². The predicted octanol–water partition coefficient (Wildman–Crippen LogP) is 2.91. The summed E-state index contributed by atoms with van der Waals surface area (Å²) in [7, 11) is 1.74. The molecular weight excluding hydrogens is 344 g/mol. The van der Waals surface area contributed by atoms with Crippen molar-refractivity contribution < 1.29 is 14.7 Å². The number of carbonyl (C=O) groups is 2. The molecule has 110 valence electrons. The standard InChI is InChI=1S/C13H17BrN2O3S/c1-16(6-11-5-9(14)7-20-11)13(19)15-10-3-2-8(4-10)12(17)18/h5,7-8,10H,2-4,6H2,1H3,(H,15,19)(H,17,18). The molecule has 2 amide bonds. The Morgan fingerprint density at radius 1 is 1.55 bits per heavy atom. The van der Waals surface area contributed by atoms with Crippen LogP contribution in [-0.2, 0) is 11.3 Å². The van der Waals surface area contributed by atoms with E-state index in [0.29, 0.717) is 19.4 Å². The number of amides is 2. The third-order valence-corrected chi connectivity index (χ3v) is 5.15. The topological polar surface area (TPSA) is 69.6 Å². The summed E-state index contributed by atoms with van der Waals surface area (Å²) < 4.78 is 1.02. The van der Waals surface area contributed by atoms with E-state index in [0.717, 1.165) is 15.8 Å². The average molecular weight is 361 g/mol. The Bertz CT molecular complexity index is 506. The summed E-state index contributed by atoms with van der Waals surface area (Å²) in [5.74, 6) is -1.09. The summed E-state index contributed by atoms with van der Waals surface area (Å²) in [5.41, 5.74) is 0. The Labute approximate surface area is 130 Å². The molecule has 0 saturated heterocycles. The van der Waals surface area contributed by atoms with Crippen LogP contribution in [0.1, 0.15) is 24.1 Å². The molecule has 20 heavy (non-hydrogen) atoms. The zero-order valence-electron chi connectivity index (χ0n) is 11.1. The van der Waals surface area contributed by atoms with Crippen molar-refractivity contribution in [3.8, 4) is 0 Å². The van der Waals surface area contributed by atoms with Gasteiger partial charge in [0.25, 0.3) is 0 Å². The van der Waals surface area contributed by atoms with Gasteiger partial charge in [-0.3, -0.25) is 4.79 Å². The van der Waals surface area contributed by atoms with Crippen LogP contribution >= 0.6 is 27.3 Å². The number of aliphatic carboxylic acids is 1. The molecule has 1 aromatic rings. The molecule has 0 aliphatic heterocycles. The van der Waals surface area contributed by atoms with E-state index in [9.17, 15) is 9.59 Å². The SMILES string of the molecule is CN(Cc1cc(Br)cs1)C(=O)NC1CCC(C(=O)O)C1. The summed E-state index contributed by atoms with van der Waals surface area (Å²) in [6, 6.07) is 1.82. The highest BCUT2D eigenvalue weighted by Crippen LogP contribution is 2.26. The van der Waals surface area contributed by atoms with E-state index in [-0.39, 0.29) is 18.0 Å². The van der Waals surface area contributed by atoms with Crippen molar-refractivity contribution in [2.45, 2.75) is 31.8 Å². The number of rotatable bonds is 4. The largest absolute Gasteiger partial charge is 0.481 e. The Hall–Kier alpha value is -1.08. The lowest BCUT2D eigenvalue weighted by Gasteiger charge is -2.20. The van der Waals surface area contributed by atoms with E-state index >= 15 is 0 Å². The maximum atomic E-state index is 12.0. The fourth-order valence-corrected chi connectivity index (χ4v) is 3.87. The molecule has 2 N–H and O–H groups in total. The maximum Gasteiger partial charge on any atom is 0.317 e. The second-order valence-corrected chi connectivity index (χ2v) is 6.99. The zero-order valence-corrected chi connectivity index (χ0v) is 13.5. The number of halogens is 1. The van der Waals surface area contributed by atoms with E-state index in [1.807, 2.05) is 11.4 Å². The summed E-state index contributed by atoms with van der Waals surface area (Å²) in [6.45, 7) is 0.553. The highest BCUT2D eigenvalue weighted by Gasteiger charge is 2.31. The molecule has 1 aromatic heterocycles. The number of hydrogen-bond donors (Lipinski definition) is 2. The van der Waals surface area contributed by atoms with E-state index in [1.165, 1.54) is 0 Å². The molecule has 2 unspecified atom stereocenters. The van der Waals surface area contributed by atoms with Crippen molar-refractivity contribution in [3.63, 3.8) is 0 Å². The molecular formula is C13H17BrN2O3S. The van der Waals surface area contributed by atoms with Crippen LogP contribution < -0.4 is 5.32 Å². The Balaban J connectivity index is 1.81. The summed E-state index contributed by atoms with van der Waals surface area (Å²) >= 11 is 4.98. The fourth-order valence-electron chi connectivity index (χ4n) is 2.36. The van der Waals surface area contributed by atoms with Crippen molar-refractivity contribution >= 4 is 39.3 Å². The number of nitrogens with zero attached hydrogens (tertiary/aromatic N) is 1. The Kier molecular flexibility index (Phi) is 5.04. The van der Waals surface area contributed by atoms with Gasteiger partial charge in [-0.05, 0) is 41.3 Å². The third kappa shape index (κ3) is 3.96. The Morgan fingerprint density at radius 2 is 2.30 bits per heavy atom. The van der Waals surface area contributed by atoms with Gasteiger partial charge in [0, 0.05) is 27.8 Å². The molecule has 1 saturated carbocycles. The molecule has 0 aromatic carbocycles. The fraction of sp³-hybridized carbons (Fsp3) is 0.538. The first-order valence-corrected chi connectivity index (χ1v) is 8.10. The van der Waals surface area contributed by atoms with Crippen molar-refractivity contribution in [1.29, 1.82) is 0 Å². The molecule has 7 heteroatoms. The van der Waals surface area contributed by atoms with Crippen molar-refractivity contribution in [1.82, 2.24) is 10.2 Å². The average Bonchev–Trinajstić information content (AvgIpc) is 2.98. The van der Waals surface area contributed by atoms with Gasteiger partial charge in [-0.15, -0.1) is 11.3 Å². The second kappa shape index (κ2) is 6.58. The quantitative estimate of drug-likeness (QED) is 0.867. The van der Waals surface area contributed by atoms with Crippen LogP contribution in [0, 0.1) is 5.92 Å². The van der Waals surface area contributed by atoms with Gasteiger partial charge in [0.05, 0.1) is 12.5 Å². The highest BCUT2D eigenvalue weighted by atomic mass is 79.9. The minimum Gasteiger partial charge on any atom is -0.481 e. The Morgan fingerprint density at radius 3 is 2.85 bits per heavy atom. The van der Waals surface area contributed by atoms with E-state index < -0.39 is 5.97 Å². The smallest absolute Gasteiger partial charge is 0.317 e. The van der Waals surface area contributed by atoms with Crippen molar-refractivity contribution in [2.75, 3.05) is 7.05 Å². The molecule has 0 bridgehead atoms. The minimum atomic E-state index is -0.765. The van der Waals surface area contributed by atoms with Gasteiger partial charge in [0.2, 0.25) is 0 Å². The van der Waals surface area contributed by atoms with Crippen LogP contribution in [0.5, 0.6) is 0 Å². The highest BCUT2D eigenvalue weighted by molar-refractivity contribution is 9.10. The maximum absolute atomic E-state index is 12.0. The van der Waals surface area contributed by atoms with Gasteiger partial charge < -0.3 is 15.3 Å². The monoisotopic (exact) mass is 360 g/mol. The molecule has 0 spiro atoms. The lowest BCUT2D eigenvalue weighted by molar-refractivity contribution is -0.141. The third-order valence-electron chi connectivity index (χ3n) is 3.47.